The van der Waals surface area contributed by atoms with Crippen LogP contribution in [0.3, 0.4) is 0 Å². The maximum atomic E-state index is 13.1. The first-order valence-corrected chi connectivity index (χ1v) is 11.9. The topological polar surface area (TPSA) is 95.9 Å². The number of carbonyl (C=O) groups is 3. The molecule has 182 valence electrons. The Hall–Kier alpha value is -3.35. The second-order valence-corrected chi connectivity index (χ2v) is 8.89. The number of carbonyl (C=O) groups excluding carboxylic acids is 2. The van der Waals surface area contributed by atoms with E-state index in [2.05, 4.69) is 29.6 Å². The largest absolute Gasteiger partial charge is 0.481 e. The number of amides is 2. The minimum absolute atomic E-state index is 0.0148. The number of nitrogens with zero attached hydrogens (tertiary/aromatic N) is 1. The first-order valence-electron chi connectivity index (χ1n) is 11.9. The van der Waals surface area contributed by atoms with Crippen LogP contribution in [-0.2, 0) is 14.3 Å². The number of hydrogen-bond donors (Lipinski definition) is 2. The zero-order chi connectivity index (χ0) is 24.7. The maximum absolute atomic E-state index is 13.1. The monoisotopic (exact) mass is 466 g/mol. The number of ether oxygens (including phenoxy) is 1. The Morgan fingerprint density at radius 2 is 1.56 bits per heavy atom. The highest BCUT2D eigenvalue weighted by Crippen LogP contribution is 2.44. The molecule has 1 aliphatic carbocycles. The van der Waals surface area contributed by atoms with Crippen LogP contribution < -0.4 is 5.32 Å². The number of carboxylic acids is 1. The third kappa shape index (κ3) is 5.41. The molecule has 0 unspecified atom stereocenters. The van der Waals surface area contributed by atoms with Gasteiger partial charge in [-0.2, -0.15) is 0 Å². The standard InChI is InChI=1S/C27H34N2O5/c1-4-27(5-2,25(32)29(3)16-10-15-24(30)31)18-28-26(33)34-17-23-21-13-8-6-11-19(21)20-12-7-9-14-22(20)23/h6-9,11-14,23H,4-5,10,15-18H2,1-3H3,(H,28,33)(H,30,31). The first-order chi connectivity index (χ1) is 16.3. The molecule has 34 heavy (non-hydrogen) atoms. The summed E-state index contributed by atoms with van der Waals surface area (Å²) in [5.41, 5.74) is 3.86. The summed E-state index contributed by atoms with van der Waals surface area (Å²) in [5.74, 6) is -1.00. The van der Waals surface area contributed by atoms with Crippen molar-refractivity contribution in [1.29, 1.82) is 0 Å². The Bertz CT molecular complexity index is 986. The van der Waals surface area contributed by atoms with Crippen molar-refractivity contribution in [3.8, 4) is 11.1 Å². The van der Waals surface area contributed by atoms with Crippen LogP contribution >= 0.6 is 0 Å². The van der Waals surface area contributed by atoms with E-state index in [0.29, 0.717) is 25.8 Å². The zero-order valence-electron chi connectivity index (χ0n) is 20.2. The number of carboxylic acid groups (broad SMARTS) is 1. The summed E-state index contributed by atoms with van der Waals surface area (Å²) in [6, 6.07) is 16.3. The Morgan fingerprint density at radius 1 is 1.00 bits per heavy atom. The highest BCUT2D eigenvalue weighted by Gasteiger charge is 2.37. The lowest BCUT2D eigenvalue weighted by atomic mass is 9.80. The average Bonchev–Trinajstić information content (AvgIpc) is 3.17. The summed E-state index contributed by atoms with van der Waals surface area (Å²) in [4.78, 5) is 38.1. The Kier molecular flexibility index (Phi) is 8.31. The van der Waals surface area contributed by atoms with Crippen LogP contribution in [0, 0.1) is 5.41 Å². The van der Waals surface area contributed by atoms with Crippen LogP contribution in [0.1, 0.15) is 56.6 Å². The summed E-state index contributed by atoms with van der Waals surface area (Å²) in [6.45, 7) is 4.59. The van der Waals surface area contributed by atoms with Gasteiger partial charge in [0.15, 0.2) is 0 Å². The molecule has 0 bridgehead atoms. The van der Waals surface area contributed by atoms with E-state index in [4.69, 9.17) is 9.84 Å². The molecule has 0 radical (unpaired) electrons. The number of aliphatic carboxylic acids is 1. The van der Waals surface area contributed by atoms with Crippen LogP contribution in [0.5, 0.6) is 0 Å². The number of alkyl carbamates (subject to hydrolysis) is 1. The van der Waals surface area contributed by atoms with Gasteiger partial charge in [0.1, 0.15) is 6.61 Å². The number of benzene rings is 2. The van der Waals surface area contributed by atoms with Gasteiger partial charge in [0.25, 0.3) is 0 Å². The molecule has 0 aliphatic heterocycles. The molecule has 2 N–H and O–H groups in total. The van der Waals surface area contributed by atoms with Gasteiger partial charge in [0, 0.05) is 32.5 Å². The summed E-state index contributed by atoms with van der Waals surface area (Å²) < 4.78 is 5.62. The van der Waals surface area contributed by atoms with Gasteiger partial charge in [-0.15, -0.1) is 0 Å². The minimum Gasteiger partial charge on any atom is -0.481 e. The van der Waals surface area contributed by atoms with E-state index in [9.17, 15) is 14.4 Å². The van der Waals surface area contributed by atoms with Crippen molar-refractivity contribution in [2.75, 3.05) is 26.7 Å². The molecule has 0 atom stereocenters. The van der Waals surface area contributed by atoms with Crippen LogP contribution in [-0.4, -0.2) is 54.7 Å². The van der Waals surface area contributed by atoms with Gasteiger partial charge in [0.2, 0.25) is 5.91 Å². The van der Waals surface area contributed by atoms with E-state index in [1.807, 2.05) is 38.1 Å². The molecule has 0 saturated carbocycles. The molecule has 2 amide bonds. The predicted octanol–water partition coefficient (Wildman–Crippen LogP) is 4.65. The van der Waals surface area contributed by atoms with Crippen LogP contribution in [0.25, 0.3) is 11.1 Å². The smallest absolute Gasteiger partial charge is 0.407 e. The maximum Gasteiger partial charge on any atom is 0.407 e. The van der Waals surface area contributed by atoms with Crippen molar-refractivity contribution >= 4 is 18.0 Å². The van der Waals surface area contributed by atoms with E-state index in [1.54, 1.807) is 11.9 Å². The van der Waals surface area contributed by atoms with Crippen molar-refractivity contribution < 1.29 is 24.2 Å². The van der Waals surface area contributed by atoms with Crippen molar-refractivity contribution in [2.45, 2.75) is 45.4 Å². The summed E-state index contributed by atoms with van der Waals surface area (Å²) >= 11 is 0. The molecule has 7 nitrogen and oxygen atoms in total. The molecule has 2 aromatic carbocycles. The van der Waals surface area contributed by atoms with Crippen LogP contribution in [0.2, 0.25) is 0 Å². The van der Waals surface area contributed by atoms with E-state index < -0.39 is 17.5 Å². The van der Waals surface area contributed by atoms with Gasteiger partial charge in [-0.3, -0.25) is 9.59 Å². The number of hydrogen-bond acceptors (Lipinski definition) is 4. The molecular formula is C27H34N2O5. The fraction of sp³-hybridized carbons (Fsp3) is 0.444. The van der Waals surface area contributed by atoms with E-state index in [1.165, 1.54) is 11.1 Å². The molecule has 1 aliphatic rings. The third-order valence-electron chi connectivity index (χ3n) is 6.95. The van der Waals surface area contributed by atoms with Gasteiger partial charge in [-0.05, 0) is 41.5 Å². The van der Waals surface area contributed by atoms with E-state index >= 15 is 0 Å². The summed E-state index contributed by atoms with van der Waals surface area (Å²) in [7, 11) is 1.68. The third-order valence-corrected chi connectivity index (χ3v) is 6.95. The second kappa shape index (κ2) is 11.2. The lowest BCUT2D eigenvalue weighted by Crippen LogP contribution is -2.49. The summed E-state index contributed by atoms with van der Waals surface area (Å²) in [6.07, 6.45) is 0.959. The van der Waals surface area contributed by atoms with Gasteiger partial charge in [-0.1, -0.05) is 62.4 Å². The Labute approximate surface area is 201 Å². The highest BCUT2D eigenvalue weighted by molar-refractivity contribution is 5.83. The Balaban J connectivity index is 1.60. The fourth-order valence-electron chi connectivity index (χ4n) is 4.74. The van der Waals surface area contributed by atoms with Gasteiger partial charge < -0.3 is 20.1 Å². The van der Waals surface area contributed by atoms with E-state index in [-0.39, 0.29) is 31.4 Å². The zero-order valence-corrected chi connectivity index (χ0v) is 20.2. The lowest BCUT2D eigenvalue weighted by Gasteiger charge is -2.34. The van der Waals surface area contributed by atoms with Crippen LogP contribution in [0.4, 0.5) is 4.79 Å². The highest BCUT2D eigenvalue weighted by atomic mass is 16.5. The van der Waals surface area contributed by atoms with Crippen molar-refractivity contribution in [3.05, 3.63) is 59.7 Å². The van der Waals surface area contributed by atoms with Crippen molar-refractivity contribution in [3.63, 3.8) is 0 Å². The molecule has 3 rings (SSSR count). The number of rotatable bonds is 11. The normalized spacial score (nSPS) is 12.6. The quantitative estimate of drug-likeness (QED) is 0.502. The molecular weight excluding hydrogens is 432 g/mol. The molecule has 0 heterocycles. The average molecular weight is 467 g/mol. The molecule has 0 fully saturated rings. The molecule has 2 aromatic rings. The van der Waals surface area contributed by atoms with Gasteiger partial charge in [-0.25, -0.2) is 4.79 Å². The van der Waals surface area contributed by atoms with Crippen molar-refractivity contribution in [1.82, 2.24) is 10.2 Å². The van der Waals surface area contributed by atoms with Crippen LogP contribution in [0.15, 0.2) is 48.5 Å². The van der Waals surface area contributed by atoms with E-state index in [0.717, 1.165) is 11.1 Å². The SMILES string of the molecule is CCC(CC)(CNC(=O)OCC1c2ccccc2-c2ccccc21)C(=O)N(C)CCCC(=O)O. The lowest BCUT2D eigenvalue weighted by molar-refractivity contribution is -0.142. The second-order valence-electron chi connectivity index (χ2n) is 8.89. The molecule has 7 heteroatoms. The first kappa shape index (κ1) is 25.3. The molecule has 0 aromatic heterocycles. The molecule has 0 saturated heterocycles. The predicted molar refractivity (Wildman–Crippen MR) is 131 cm³/mol. The fourth-order valence-corrected chi connectivity index (χ4v) is 4.74. The molecule has 0 spiro atoms. The Morgan fingerprint density at radius 3 is 2.09 bits per heavy atom. The van der Waals surface area contributed by atoms with Gasteiger partial charge in [0.05, 0.1) is 5.41 Å². The minimum atomic E-state index is -0.880. The number of fused-ring (bicyclic) bond motifs is 3. The van der Waals surface area contributed by atoms with Gasteiger partial charge >= 0.3 is 12.1 Å². The van der Waals surface area contributed by atoms with Crippen molar-refractivity contribution in [2.24, 2.45) is 5.41 Å². The summed E-state index contributed by atoms with van der Waals surface area (Å²) in [5, 5.41) is 11.6. The number of nitrogens with one attached hydrogen (secondary N) is 1.